The third kappa shape index (κ3) is 3.20. The van der Waals surface area contributed by atoms with Gasteiger partial charge in [-0.25, -0.2) is 0 Å². The summed E-state index contributed by atoms with van der Waals surface area (Å²) in [5, 5.41) is 5.93. The van der Waals surface area contributed by atoms with Crippen LogP contribution in [-0.2, 0) is 11.2 Å². The summed E-state index contributed by atoms with van der Waals surface area (Å²) in [6.45, 7) is 4.15. The van der Waals surface area contributed by atoms with Crippen molar-refractivity contribution in [1.82, 2.24) is 5.32 Å². The lowest BCUT2D eigenvalue weighted by Crippen LogP contribution is -2.22. The Hall–Kier alpha value is -1.80. The van der Waals surface area contributed by atoms with Crippen LogP contribution in [0, 0.1) is 0 Å². The van der Waals surface area contributed by atoms with E-state index in [1.807, 2.05) is 37.3 Å². The zero-order valence-electron chi connectivity index (χ0n) is 11.7. The molecule has 20 heavy (non-hydrogen) atoms. The zero-order valence-corrected chi connectivity index (χ0v) is 12.5. The Morgan fingerprint density at radius 2 is 2.10 bits per heavy atom. The smallest absolute Gasteiger partial charge is 0.216 e. The standard InChI is InChI=1S/C17H18ClNO/c1-3-5-15-16(18)9-8-13-6-4-7-14(17(13)15)10-11-19-12(2)20/h3-9H,10-11H2,1-2H3,(H,19,20)/b5-3-. The summed E-state index contributed by atoms with van der Waals surface area (Å²) in [6, 6.07) is 10.2. The molecule has 0 heterocycles. The van der Waals surface area contributed by atoms with Gasteiger partial charge in [-0.1, -0.05) is 48.0 Å². The van der Waals surface area contributed by atoms with E-state index < -0.39 is 0 Å². The largest absolute Gasteiger partial charge is 0.356 e. The molecule has 0 radical (unpaired) electrons. The normalized spacial score (nSPS) is 11.2. The van der Waals surface area contributed by atoms with Gasteiger partial charge in [-0.05, 0) is 35.7 Å². The molecular formula is C17H18ClNO. The van der Waals surface area contributed by atoms with Crippen molar-refractivity contribution in [2.45, 2.75) is 20.3 Å². The quantitative estimate of drug-likeness (QED) is 0.897. The van der Waals surface area contributed by atoms with Crippen molar-refractivity contribution in [2.24, 2.45) is 0 Å². The monoisotopic (exact) mass is 287 g/mol. The second kappa shape index (κ2) is 6.58. The average molecular weight is 288 g/mol. The molecule has 0 spiro atoms. The van der Waals surface area contributed by atoms with E-state index in [0.717, 1.165) is 17.0 Å². The molecule has 0 aromatic heterocycles. The predicted molar refractivity (Wildman–Crippen MR) is 86.1 cm³/mol. The lowest BCUT2D eigenvalue weighted by molar-refractivity contribution is -0.118. The summed E-state index contributed by atoms with van der Waals surface area (Å²) in [5.41, 5.74) is 2.25. The van der Waals surface area contributed by atoms with Crippen LogP contribution in [0.25, 0.3) is 16.8 Å². The molecule has 2 aromatic rings. The summed E-state index contributed by atoms with van der Waals surface area (Å²) >= 11 is 6.32. The zero-order chi connectivity index (χ0) is 14.5. The van der Waals surface area contributed by atoms with Crippen LogP contribution in [-0.4, -0.2) is 12.5 Å². The molecular weight excluding hydrogens is 270 g/mol. The van der Waals surface area contributed by atoms with Gasteiger partial charge in [-0.3, -0.25) is 4.79 Å². The number of halogens is 1. The fraction of sp³-hybridized carbons (Fsp3) is 0.235. The number of allylic oxidation sites excluding steroid dienone is 1. The maximum Gasteiger partial charge on any atom is 0.216 e. The van der Waals surface area contributed by atoms with E-state index in [4.69, 9.17) is 11.6 Å². The van der Waals surface area contributed by atoms with Crippen molar-refractivity contribution in [2.75, 3.05) is 6.54 Å². The predicted octanol–water partition coefficient (Wildman–Crippen LogP) is 4.20. The molecule has 1 N–H and O–H groups in total. The van der Waals surface area contributed by atoms with Crippen LogP contribution in [0.3, 0.4) is 0 Å². The molecule has 0 fully saturated rings. The highest BCUT2D eigenvalue weighted by Gasteiger charge is 2.08. The van der Waals surface area contributed by atoms with Crippen molar-refractivity contribution < 1.29 is 4.79 Å². The second-order valence-corrected chi connectivity index (χ2v) is 5.12. The number of nitrogens with one attached hydrogen (secondary N) is 1. The molecule has 104 valence electrons. The van der Waals surface area contributed by atoms with Crippen LogP contribution in [0.15, 0.2) is 36.4 Å². The van der Waals surface area contributed by atoms with Crippen LogP contribution < -0.4 is 5.32 Å². The van der Waals surface area contributed by atoms with Gasteiger partial charge in [-0.15, -0.1) is 0 Å². The van der Waals surface area contributed by atoms with Crippen molar-refractivity contribution in [3.63, 3.8) is 0 Å². The Morgan fingerprint density at radius 3 is 2.80 bits per heavy atom. The molecule has 0 aliphatic carbocycles. The van der Waals surface area contributed by atoms with Crippen molar-refractivity contribution in [1.29, 1.82) is 0 Å². The summed E-state index contributed by atoms with van der Waals surface area (Å²) < 4.78 is 0. The number of amides is 1. The summed E-state index contributed by atoms with van der Waals surface area (Å²) in [7, 11) is 0. The van der Waals surface area contributed by atoms with Gasteiger partial charge in [0.1, 0.15) is 0 Å². The number of carbonyl (C=O) groups is 1. The molecule has 3 heteroatoms. The summed E-state index contributed by atoms with van der Waals surface area (Å²) in [5.74, 6) is -0.00283. The van der Waals surface area contributed by atoms with E-state index in [-0.39, 0.29) is 5.91 Å². The highest BCUT2D eigenvalue weighted by atomic mass is 35.5. The maximum absolute atomic E-state index is 11.0. The number of benzene rings is 2. The topological polar surface area (TPSA) is 29.1 Å². The minimum atomic E-state index is -0.00283. The van der Waals surface area contributed by atoms with E-state index in [9.17, 15) is 4.79 Å². The van der Waals surface area contributed by atoms with Crippen molar-refractivity contribution >= 4 is 34.4 Å². The van der Waals surface area contributed by atoms with E-state index in [1.165, 1.54) is 23.3 Å². The molecule has 0 aliphatic heterocycles. The molecule has 0 aliphatic rings. The molecule has 2 rings (SSSR count). The number of hydrogen-bond donors (Lipinski definition) is 1. The Labute approximate surface area is 124 Å². The molecule has 0 saturated carbocycles. The molecule has 2 aromatic carbocycles. The first kappa shape index (κ1) is 14.6. The summed E-state index contributed by atoms with van der Waals surface area (Å²) in [4.78, 5) is 11.0. The Balaban J connectivity index is 2.48. The van der Waals surface area contributed by atoms with Gasteiger partial charge >= 0.3 is 0 Å². The van der Waals surface area contributed by atoms with Gasteiger partial charge < -0.3 is 5.32 Å². The molecule has 2 nitrogen and oxygen atoms in total. The first-order chi connectivity index (χ1) is 9.63. The van der Waals surface area contributed by atoms with E-state index in [2.05, 4.69) is 17.4 Å². The Kier molecular flexibility index (Phi) is 4.80. The first-order valence-electron chi connectivity index (χ1n) is 6.70. The van der Waals surface area contributed by atoms with Crippen LogP contribution in [0.2, 0.25) is 5.02 Å². The van der Waals surface area contributed by atoms with Crippen molar-refractivity contribution in [3.8, 4) is 0 Å². The van der Waals surface area contributed by atoms with Crippen LogP contribution in [0.5, 0.6) is 0 Å². The van der Waals surface area contributed by atoms with Crippen molar-refractivity contribution in [3.05, 3.63) is 52.6 Å². The molecule has 0 unspecified atom stereocenters. The van der Waals surface area contributed by atoms with Gasteiger partial charge in [-0.2, -0.15) is 0 Å². The number of hydrogen-bond acceptors (Lipinski definition) is 1. The molecule has 0 bridgehead atoms. The van der Waals surface area contributed by atoms with Gasteiger partial charge in [0, 0.05) is 24.1 Å². The fourth-order valence-corrected chi connectivity index (χ4v) is 2.59. The minimum Gasteiger partial charge on any atom is -0.356 e. The average Bonchev–Trinajstić information content (AvgIpc) is 2.42. The number of fused-ring (bicyclic) bond motifs is 1. The molecule has 1 amide bonds. The van der Waals surface area contributed by atoms with Gasteiger partial charge in [0.05, 0.1) is 0 Å². The Bertz CT molecular complexity index is 661. The first-order valence-corrected chi connectivity index (χ1v) is 7.08. The maximum atomic E-state index is 11.0. The third-order valence-corrected chi connectivity index (χ3v) is 3.55. The van der Waals surface area contributed by atoms with E-state index in [0.29, 0.717) is 6.54 Å². The minimum absolute atomic E-state index is 0.00283. The van der Waals surface area contributed by atoms with Gasteiger partial charge in [0.15, 0.2) is 0 Å². The lowest BCUT2D eigenvalue weighted by Gasteiger charge is -2.11. The number of carbonyl (C=O) groups excluding carboxylic acids is 1. The van der Waals surface area contributed by atoms with E-state index in [1.54, 1.807) is 0 Å². The number of rotatable bonds is 4. The van der Waals surface area contributed by atoms with Crippen LogP contribution in [0.1, 0.15) is 25.0 Å². The highest BCUT2D eigenvalue weighted by molar-refractivity contribution is 6.33. The van der Waals surface area contributed by atoms with Gasteiger partial charge in [0.2, 0.25) is 5.91 Å². The van der Waals surface area contributed by atoms with Gasteiger partial charge in [0.25, 0.3) is 0 Å². The molecule has 0 atom stereocenters. The third-order valence-electron chi connectivity index (χ3n) is 3.22. The second-order valence-electron chi connectivity index (χ2n) is 4.71. The van der Waals surface area contributed by atoms with Crippen LogP contribution in [0.4, 0.5) is 0 Å². The molecule has 0 saturated heterocycles. The SMILES string of the molecule is C/C=C\c1c(Cl)ccc2cccc(CCNC(C)=O)c12. The van der Waals surface area contributed by atoms with Crippen LogP contribution >= 0.6 is 11.6 Å². The Morgan fingerprint density at radius 1 is 1.30 bits per heavy atom. The summed E-state index contributed by atoms with van der Waals surface area (Å²) in [6.07, 6.45) is 4.82. The fourth-order valence-electron chi connectivity index (χ4n) is 2.37. The van der Waals surface area contributed by atoms with E-state index >= 15 is 0 Å². The lowest BCUT2D eigenvalue weighted by atomic mass is 9.97. The highest BCUT2D eigenvalue weighted by Crippen LogP contribution is 2.30.